The molecule has 0 unspecified atom stereocenters. The first-order valence-corrected chi connectivity index (χ1v) is 3.48. The Morgan fingerprint density at radius 2 is 1.91 bits per heavy atom. The van der Waals surface area contributed by atoms with Crippen molar-refractivity contribution in [2.24, 2.45) is 0 Å². The van der Waals surface area contributed by atoms with Gasteiger partial charge in [0.2, 0.25) is 0 Å². The maximum Gasteiger partial charge on any atom is 0.165 e. The van der Waals surface area contributed by atoms with Gasteiger partial charge in [-0.1, -0.05) is 0 Å². The second-order valence-electron chi connectivity index (χ2n) is 2.68. The van der Waals surface area contributed by atoms with E-state index in [2.05, 4.69) is 5.32 Å². The van der Waals surface area contributed by atoms with Crippen LogP contribution in [0.2, 0.25) is 0 Å². The van der Waals surface area contributed by atoms with Gasteiger partial charge in [-0.2, -0.15) is 0 Å². The Morgan fingerprint density at radius 1 is 1.27 bits per heavy atom. The number of rotatable bonds is 0. The molecule has 0 radical (unpaired) electrons. The van der Waals surface area contributed by atoms with Crippen LogP contribution in [0.4, 0.5) is 4.39 Å². The number of halogens is 1. The summed E-state index contributed by atoms with van der Waals surface area (Å²) in [4.78, 5) is 0. The predicted octanol–water partition coefficient (Wildman–Crippen LogP) is 1.13. The van der Waals surface area contributed by atoms with Gasteiger partial charge in [-0.25, -0.2) is 4.39 Å². The Morgan fingerprint density at radius 3 is 2.64 bits per heavy atom. The highest BCUT2D eigenvalue weighted by Crippen LogP contribution is 2.23. The Labute approximate surface area is 63.7 Å². The molecule has 11 heavy (non-hydrogen) atoms. The number of aromatic hydroxyl groups is 1. The van der Waals surface area contributed by atoms with Gasteiger partial charge in [0.15, 0.2) is 11.6 Å². The summed E-state index contributed by atoms with van der Waals surface area (Å²) in [5, 5.41) is 12.0. The van der Waals surface area contributed by atoms with Crippen LogP contribution in [0.5, 0.6) is 5.75 Å². The summed E-state index contributed by atoms with van der Waals surface area (Å²) >= 11 is 0. The number of hydrogen-bond donors (Lipinski definition) is 2. The molecule has 0 aliphatic carbocycles. The third kappa shape index (κ3) is 0.973. The zero-order valence-electron chi connectivity index (χ0n) is 5.89. The van der Waals surface area contributed by atoms with E-state index in [1.165, 1.54) is 12.1 Å². The minimum Gasteiger partial charge on any atom is -0.505 e. The lowest BCUT2D eigenvalue weighted by atomic mass is 10.1. The SMILES string of the molecule is Oc1cc2c(cc1F)CNC2. The summed E-state index contributed by atoms with van der Waals surface area (Å²) < 4.78 is 12.7. The number of benzene rings is 1. The van der Waals surface area contributed by atoms with Gasteiger partial charge in [0, 0.05) is 13.1 Å². The first-order chi connectivity index (χ1) is 5.27. The molecular formula is C8H8FNO. The van der Waals surface area contributed by atoms with Crippen LogP contribution in [0.1, 0.15) is 11.1 Å². The number of hydrogen-bond acceptors (Lipinski definition) is 2. The monoisotopic (exact) mass is 153 g/mol. The van der Waals surface area contributed by atoms with Crippen molar-refractivity contribution >= 4 is 0 Å². The summed E-state index contributed by atoms with van der Waals surface area (Å²) in [7, 11) is 0. The number of fused-ring (bicyclic) bond motifs is 1. The number of phenolic OH excluding ortho intramolecular Hbond substituents is 1. The molecule has 1 aliphatic heterocycles. The summed E-state index contributed by atoms with van der Waals surface area (Å²) in [5.41, 5.74) is 1.93. The smallest absolute Gasteiger partial charge is 0.165 e. The first-order valence-electron chi connectivity index (χ1n) is 3.48. The van der Waals surface area contributed by atoms with Gasteiger partial charge in [0.25, 0.3) is 0 Å². The molecular weight excluding hydrogens is 145 g/mol. The minimum absolute atomic E-state index is 0.257. The minimum atomic E-state index is -0.535. The van der Waals surface area contributed by atoms with Crippen LogP contribution >= 0.6 is 0 Å². The fraction of sp³-hybridized carbons (Fsp3) is 0.250. The summed E-state index contributed by atoms with van der Waals surface area (Å²) in [5.74, 6) is -0.792. The van der Waals surface area contributed by atoms with Crippen molar-refractivity contribution in [1.82, 2.24) is 5.32 Å². The van der Waals surface area contributed by atoms with Crippen LogP contribution < -0.4 is 5.32 Å². The van der Waals surface area contributed by atoms with Gasteiger partial charge in [-0.3, -0.25) is 0 Å². The van der Waals surface area contributed by atoms with E-state index >= 15 is 0 Å². The molecule has 2 nitrogen and oxygen atoms in total. The van der Waals surface area contributed by atoms with Gasteiger partial charge in [0.1, 0.15) is 0 Å². The standard InChI is InChI=1S/C8H8FNO/c9-7-1-5-3-10-4-6(5)2-8(7)11/h1-2,10-11H,3-4H2. The van der Waals surface area contributed by atoms with Gasteiger partial charge in [-0.05, 0) is 23.3 Å². The van der Waals surface area contributed by atoms with Crippen LogP contribution in [0.25, 0.3) is 0 Å². The fourth-order valence-electron chi connectivity index (χ4n) is 1.31. The van der Waals surface area contributed by atoms with E-state index in [9.17, 15) is 4.39 Å². The average molecular weight is 153 g/mol. The highest BCUT2D eigenvalue weighted by atomic mass is 19.1. The average Bonchev–Trinajstić information content (AvgIpc) is 2.36. The molecule has 1 heterocycles. The van der Waals surface area contributed by atoms with E-state index in [4.69, 9.17) is 5.11 Å². The molecule has 2 rings (SSSR count). The molecule has 0 fully saturated rings. The normalized spacial score (nSPS) is 15.0. The first kappa shape index (κ1) is 6.61. The van der Waals surface area contributed by atoms with E-state index in [-0.39, 0.29) is 5.75 Å². The Bertz CT molecular complexity index is 269. The highest BCUT2D eigenvalue weighted by Gasteiger charge is 2.12. The second kappa shape index (κ2) is 2.20. The maximum atomic E-state index is 12.7. The molecule has 0 saturated heterocycles. The summed E-state index contributed by atoms with van der Waals surface area (Å²) in [6.45, 7) is 1.43. The highest BCUT2D eigenvalue weighted by molar-refractivity contribution is 5.38. The molecule has 1 aromatic carbocycles. The van der Waals surface area contributed by atoms with Crippen molar-refractivity contribution in [3.8, 4) is 5.75 Å². The lowest BCUT2D eigenvalue weighted by Crippen LogP contribution is -1.99. The molecule has 2 N–H and O–H groups in total. The van der Waals surface area contributed by atoms with Crippen LogP contribution in [0.3, 0.4) is 0 Å². The number of nitrogens with one attached hydrogen (secondary N) is 1. The van der Waals surface area contributed by atoms with Crippen molar-refractivity contribution < 1.29 is 9.50 Å². The van der Waals surface area contributed by atoms with Crippen molar-refractivity contribution in [2.45, 2.75) is 13.1 Å². The van der Waals surface area contributed by atoms with E-state index in [1.807, 2.05) is 0 Å². The summed E-state index contributed by atoms with van der Waals surface area (Å²) in [6.07, 6.45) is 0. The lowest BCUT2D eigenvalue weighted by Gasteiger charge is -1.99. The van der Waals surface area contributed by atoms with E-state index in [1.54, 1.807) is 0 Å². The van der Waals surface area contributed by atoms with E-state index < -0.39 is 5.82 Å². The van der Waals surface area contributed by atoms with Gasteiger partial charge in [0.05, 0.1) is 0 Å². The second-order valence-corrected chi connectivity index (χ2v) is 2.68. The molecule has 0 bridgehead atoms. The largest absolute Gasteiger partial charge is 0.505 e. The molecule has 3 heteroatoms. The molecule has 58 valence electrons. The third-order valence-corrected chi connectivity index (χ3v) is 1.90. The molecule has 0 atom stereocenters. The van der Waals surface area contributed by atoms with Crippen molar-refractivity contribution in [1.29, 1.82) is 0 Å². The zero-order chi connectivity index (χ0) is 7.84. The van der Waals surface area contributed by atoms with Crippen molar-refractivity contribution in [2.75, 3.05) is 0 Å². The molecule has 0 aromatic heterocycles. The van der Waals surface area contributed by atoms with Gasteiger partial charge >= 0.3 is 0 Å². The number of phenols is 1. The van der Waals surface area contributed by atoms with E-state index in [0.717, 1.165) is 17.7 Å². The van der Waals surface area contributed by atoms with Crippen LogP contribution in [0.15, 0.2) is 12.1 Å². The fourth-order valence-corrected chi connectivity index (χ4v) is 1.31. The molecule has 0 amide bonds. The van der Waals surface area contributed by atoms with Crippen molar-refractivity contribution in [3.05, 3.63) is 29.1 Å². The van der Waals surface area contributed by atoms with Crippen molar-refractivity contribution in [3.63, 3.8) is 0 Å². The van der Waals surface area contributed by atoms with Crippen LogP contribution in [0, 0.1) is 5.82 Å². The Balaban J connectivity index is 2.57. The van der Waals surface area contributed by atoms with Crippen LogP contribution in [-0.4, -0.2) is 5.11 Å². The molecule has 1 aliphatic rings. The predicted molar refractivity (Wildman–Crippen MR) is 38.6 cm³/mol. The van der Waals surface area contributed by atoms with Gasteiger partial charge in [-0.15, -0.1) is 0 Å². The Kier molecular flexibility index (Phi) is 1.32. The topological polar surface area (TPSA) is 32.3 Å². The molecule has 1 aromatic rings. The van der Waals surface area contributed by atoms with Crippen LogP contribution in [-0.2, 0) is 13.1 Å². The third-order valence-electron chi connectivity index (χ3n) is 1.90. The van der Waals surface area contributed by atoms with Gasteiger partial charge < -0.3 is 10.4 Å². The lowest BCUT2D eigenvalue weighted by molar-refractivity contribution is 0.431. The maximum absolute atomic E-state index is 12.7. The quantitative estimate of drug-likeness (QED) is 0.585. The molecule has 0 spiro atoms. The zero-order valence-corrected chi connectivity index (χ0v) is 5.89. The Hall–Kier alpha value is -1.09. The van der Waals surface area contributed by atoms with E-state index in [0.29, 0.717) is 6.54 Å². The molecule has 0 saturated carbocycles. The summed E-state index contributed by atoms with van der Waals surface area (Å²) in [6, 6.07) is 2.86.